The zero-order chi connectivity index (χ0) is 9.90. The van der Waals surface area contributed by atoms with E-state index in [1.807, 2.05) is 0 Å². The van der Waals surface area contributed by atoms with Crippen molar-refractivity contribution in [1.29, 1.82) is 0 Å². The Hall–Kier alpha value is -0.910. The minimum atomic E-state index is -3.39. The summed E-state index contributed by atoms with van der Waals surface area (Å²) in [6.07, 6.45) is 0. The molecule has 0 heterocycles. The normalized spacial score (nSPS) is 11.5. The molecule has 0 saturated heterocycles. The van der Waals surface area contributed by atoms with Crippen LogP contribution in [-0.2, 0) is 16.6 Å². The van der Waals surface area contributed by atoms with Crippen molar-refractivity contribution in [2.75, 3.05) is 7.05 Å². The van der Waals surface area contributed by atoms with Crippen LogP contribution in [0.2, 0.25) is 0 Å². The summed E-state index contributed by atoms with van der Waals surface area (Å²) >= 11 is 0. The highest BCUT2D eigenvalue weighted by molar-refractivity contribution is 7.89. The largest absolute Gasteiger partial charge is 0.392 e. The van der Waals surface area contributed by atoms with Crippen molar-refractivity contribution >= 4 is 10.0 Å². The van der Waals surface area contributed by atoms with E-state index in [2.05, 4.69) is 4.72 Å². The summed E-state index contributed by atoms with van der Waals surface area (Å²) in [7, 11) is -2.04. The van der Waals surface area contributed by atoms with Gasteiger partial charge in [0.2, 0.25) is 10.0 Å². The Bertz CT molecular complexity index is 386. The van der Waals surface area contributed by atoms with Crippen LogP contribution < -0.4 is 4.72 Å². The lowest BCUT2D eigenvalue weighted by atomic mass is 10.2. The monoisotopic (exact) mass is 201 g/mol. The van der Waals surface area contributed by atoms with E-state index >= 15 is 0 Å². The molecule has 0 fully saturated rings. The highest BCUT2D eigenvalue weighted by Gasteiger charge is 2.10. The van der Waals surface area contributed by atoms with Crippen LogP contribution in [0.1, 0.15) is 5.56 Å². The standard InChI is InChI=1S/C8H11NO3S/c1-9-13(11,12)8-4-2-3-7(5-8)6-10/h2-5,9-10H,6H2,1H3. The Labute approximate surface area is 77.3 Å². The molecule has 2 N–H and O–H groups in total. The van der Waals surface area contributed by atoms with E-state index in [9.17, 15) is 8.42 Å². The molecule has 0 saturated carbocycles. The van der Waals surface area contributed by atoms with E-state index in [0.29, 0.717) is 5.56 Å². The third kappa shape index (κ3) is 2.27. The molecular formula is C8H11NO3S. The molecule has 0 aromatic heterocycles. The highest BCUT2D eigenvalue weighted by Crippen LogP contribution is 2.10. The molecule has 0 unspecified atom stereocenters. The van der Waals surface area contributed by atoms with Crippen molar-refractivity contribution in [1.82, 2.24) is 4.72 Å². The lowest BCUT2D eigenvalue weighted by Crippen LogP contribution is -2.18. The number of sulfonamides is 1. The number of benzene rings is 1. The molecule has 0 amide bonds. The summed E-state index contributed by atoms with van der Waals surface area (Å²) in [5.41, 5.74) is 0.580. The molecule has 13 heavy (non-hydrogen) atoms. The van der Waals surface area contributed by atoms with Gasteiger partial charge in [0, 0.05) is 0 Å². The number of aliphatic hydroxyl groups excluding tert-OH is 1. The summed E-state index contributed by atoms with van der Waals surface area (Å²) in [6.45, 7) is -0.160. The van der Waals surface area contributed by atoms with E-state index < -0.39 is 10.0 Å². The summed E-state index contributed by atoms with van der Waals surface area (Å²) in [5.74, 6) is 0. The van der Waals surface area contributed by atoms with Crippen LogP contribution in [0.4, 0.5) is 0 Å². The second kappa shape index (κ2) is 3.87. The molecule has 1 aromatic carbocycles. The first-order valence-corrected chi connectivity index (χ1v) is 5.22. The third-order valence-electron chi connectivity index (χ3n) is 1.66. The number of nitrogens with one attached hydrogen (secondary N) is 1. The first-order valence-electron chi connectivity index (χ1n) is 3.73. The van der Waals surface area contributed by atoms with Gasteiger partial charge in [0.25, 0.3) is 0 Å². The van der Waals surface area contributed by atoms with Crippen molar-refractivity contribution < 1.29 is 13.5 Å². The second-order valence-electron chi connectivity index (χ2n) is 2.51. The molecule has 0 spiro atoms. The maximum absolute atomic E-state index is 11.3. The van der Waals surface area contributed by atoms with Gasteiger partial charge in [-0.3, -0.25) is 0 Å². The van der Waals surface area contributed by atoms with Crippen molar-refractivity contribution in [3.8, 4) is 0 Å². The average Bonchev–Trinajstić information content (AvgIpc) is 2.18. The second-order valence-corrected chi connectivity index (χ2v) is 4.40. The van der Waals surface area contributed by atoms with E-state index in [1.54, 1.807) is 12.1 Å². The van der Waals surface area contributed by atoms with Crippen LogP contribution in [0, 0.1) is 0 Å². The van der Waals surface area contributed by atoms with E-state index in [4.69, 9.17) is 5.11 Å². The van der Waals surface area contributed by atoms with Gasteiger partial charge in [0.1, 0.15) is 0 Å². The van der Waals surface area contributed by atoms with Crippen LogP contribution in [-0.4, -0.2) is 20.6 Å². The molecule has 0 aliphatic rings. The molecular weight excluding hydrogens is 190 g/mol. The molecule has 1 aromatic rings. The molecule has 1 rings (SSSR count). The van der Waals surface area contributed by atoms with Gasteiger partial charge >= 0.3 is 0 Å². The van der Waals surface area contributed by atoms with Gasteiger partial charge < -0.3 is 5.11 Å². The fourth-order valence-electron chi connectivity index (χ4n) is 0.929. The summed E-state index contributed by atoms with van der Waals surface area (Å²) in [4.78, 5) is 0.168. The van der Waals surface area contributed by atoms with Crippen LogP contribution in [0.15, 0.2) is 29.2 Å². The van der Waals surface area contributed by atoms with Crippen molar-refractivity contribution in [2.45, 2.75) is 11.5 Å². The minimum Gasteiger partial charge on any atom is -0.392 e. The molecule has 0 radical (unpaired) electrons. The topological polar surface area (TPSA) is 66.4 Å². The fraction of sp³-hybridized carbons (Fsp3) is 0.250. The van der Waals surface area contributed by atoms with Crippen LogP contribution in [0.3, 0.4) is 0 Å². The Morgan fingerprint density at radius 3 is 2.69 bits per heavy atom. The van der Waals surface area contributed by atoms with Crippen LogP contribution in [0.25, 0.3) is 0 Å². The Morgan fingerprint density at radius 1 is 1.46 bits per heavy atom. The summed E-state index contributed by atoms with van der Waals surface area (Å²) in [6, 6.07) is 6.17. The molecule has 0 aliphatic carbocycles. The molecule has 5 heteroatoms. The van der Waals surface area contributed by atoms with Crippen LogP contribution in [0.5, 0.6) is 0 Å². The first kappa shape index (κ1) is 10.2. The maximum Gasteiger partial charge on any atom is 0.240 e. The zero-order valence-electron chi connectivity index (χ0n) is 7.19. The van der Waals surface area contributed by atoms with Crippen molar-refractivity contribution in [2.24, 2.45) is 0 Å². The SMILES string of the molecule is CNS(=O)(=O)c1cccc(CO)c1. The number of hydrogen-bond acceptors (Lipinski definition) is 3. The van der Waals surface area contributed by atoms with Gasteiger partial charge in [-0.05, 0) is 24.7 Å². The van der Waals surface area contributed by atoms with Gasteiger partial charge in [-0.15, -0.1) is 0 Å². The van der Waals surface area contributed by atoms with E-state index in [1.165, 1.54) is 19.2 Å². The zero-order valence-corrected chi connectivity index (χ0v) is 8.00. The summed E-state index contributed by atoms with van der Waals surface area (Å²) < 4.78 is 24.8. The lowest BCUT2D eigenvalue weighted by Gasteiger charge is -2.03. The van der Waals surface area contributed by atoms with Gasteiger partial charge in [-0.2, -0.15) is 0 Å². The lowest BCUT2D eigenvalue weighted by molar-refractivity contribution is 0.281. The fourth-order valence-corrected chi connectivity index (χ4v) is 1.73. The predicted molar refractivity (Wildman–Crippen MR) is 48.6 cm³/mol. The Balaban J connectivity index is 3.17. The number of hydrogen-bond donors (Lipinski definition) is 2. The molecule has 0 atom stereocenters. The van der Waals surface area contributed by atoms with E-state index in [-0.39, 0.29) is 11.5 Å². The third-order valence-corrected chi connectivity index (χ3v) is 3.07. The number of rotatable bonds is 3. The minimum absolute atomic E-state index is 0.160. The Morgan fingerprint density at radius 2 is 2.15 bits per heavy atom. The molecule has 72 valence electrons. The molecule has 0 aliphatic heterocycles. The average molecular weight is 201 g/mol. The highest BCUT2D eigenvalue weighted by atomic mass is 32.2. The Kier molecular flexibility index (Phi) is 3.02. The maximum atomic E-state index is 11.3. The van der Waals surface area contributed by atoms with Gasteiger partial charge in [-0.25, -0.2) is 13.1 Å². The predicted octanol–water partition coefficient (Wildman–Crippen LogP) is 0.0870. The van der Waals surface area contributed by atoms with Gasteiger partial charge in [0.05, 0.1) is 11.5 Å². The van der Waals surface area contributed by atoms with Crippen molar-refractivity contribution in [3.63, 3.8) is 0 Å². The van der Waals surface area contributed by atoms with Crippen LogP contribution >= 0.6 is 0 Å². The smallest absolute Gasteiger partial charge is 0.240 e. The van der Waals surface area contributed by atoms with E-state index in [0.717, 1.165) is 0 Å². The molecule has 0 bridgehead atoms. The summed E-state index contributed by atoms with van der Waals surface area (Å²) in [5, 5.41) is 8.79. The van der Waals surface area contributed by atoms with Crippen molar-refractivity contribution in [3.05, 3.63) is 29.8 Å². The molecule has 4 nitrogen and oxygen atoms in total. The first-order chi connectivity index (χ1) is 6.10. The quantitative estimate of drug-likeness (QED) is 0.728. The number of aliphatic hydroxyl groups is 1. The van der Waals surface area contributed by atoms with Gasteiger partial charge in [-0.1, -0.05) is 12.1 Å². The van der Waals surface area contributed by atoms with Gasteiger partial charge in [0.15, 0.2) is 0 Å².